The second-order valence-corrected chi connectivity index (χ2v) is 9.18. The standard InChI is InChI=1S/C29H25N3OS/c1-19-9-12-22(13-10-19)25-16-27(23-7-5-4-6-8-23)32-29(26(25)17-30)34-18-28(33)31-24-14-11-20(2)21(3)15-24/h4-16H,18H2,1-3H3,(H,31,33). The lowest BCUT2D eigenvalue weighted by Crippen LogP contribution is -2.14. The predicted molar refractivity (Wildman–Crippen MR) is 140 cm³/mol. The summed E-state index contributed by atoms with van der Waals surface area (Å²) in [5, 5.41) is 13.5. The summed E-state index contributed by atoms with van der Waals surface area (Å²) in [5.74, 6) is 0.0149. The van der Waals surface area contributed by atoms with Crippen LogP contribution in [0.1, 0.15) is 22.3 Å². The average Bonchev–Trinajstić information content (AvgIpc) is 2.85. The average molecular weight is 464 g/mol. The summed E-state index contributed by atoms with van der Waals surface area (Å²) in [7, 11) is 0. The van der Waals surface area contributed by atoms with Crippen molar-refractivity contribution in [3.63, 3.8) is 0 Å². The first-order chi connectivity index (χ1) is 16.4. The highest BCUT2D eigenvalue weighted by atomic mass is 32.2. The van der Waals surface area contributed by atoms with E-state index >= 15 is 0 Å². The van der Waals surface area contributed by atoms with Crippen molar-refractivity contribution in [2.24, 2.45) is 0 Å². The Hall–Kier alpha value is -3.88. The van der Waals surface area contributed by atoms with Gasteiger partial charge in [-0.2, -0.15) is 5.26 Å². The topological polar surface area (TPSA) is 65.8 Å². The lowest BCUT2D eigenvalue weighted by atomic mass is 9.98. The Kier molecular flexibility index (Phi) is 7.10. The fraction of sp³-hybridized carbons (Fsp3) is 0.138. The molecular formula is C29H25N3OS. The highest BCUT2D eigenvalue weighted by Crippen LogP contribution is 2.34. The number of amides is 1. The molecule has 1 amide bonds. The molecule has 1 heterocycles. The van der Waals surface area contributed by atoms with E-state index in [9.17, 15) is 10.1 Å². The Balaban J connectivity index is 1.67. The first kappa shape index (κ1) is 23.3. The monoisotopic (exact) mass is 463 g/mol. The first-order valence-electron chi connectivity index (χ1n) is 11.0. The highest BCUT2D eigenvalue weighted by Gasteiger charge is 2.17. The van der Waals surface area contributed by atoms with Gasteiger partial charge in [-0.25, -0.2) is 4.98 Å². The SMILES string of the molecule is Cc1ccc(-c2cc(-c3ccccc3)nc(SCC(=O)Nc3ccc(C)c(C)c3)c2C#N)cc1. The molecule has 4 nitrogen and oxygen atoms in total. The van der Waals surface area contributed by atoms with Gasteiger partial charge in [-0.3, -0.25) is 4.79 Å². The fourth-order valence-electron chi connectivity index (χ4n) is 3.60. The minimum absolute atomic E-state index is 0.138. The van der Waals surface area contributed by atoms with Gasteiger partial charge in [0.15, 0.2) is 0 Å². The molecule has 1 N–H and O–H groups in total. The molecule has 0 saturated heterocycles. The number of nitriles is 1. The third kappa shape index (κ3) is 5.36. The maximum atomic E-state index is 12.7. The zero-order valence-electron chi connectivity index (χ0n) is 19.4. The Morgan fingerprint density at radius 3 is 2.32 bits per heavy atom. The zero-order valence-corrected chi connectivity index (χ0v) is 20.2. The van der Waals surface area contributed by atoms with Crippen LogP contribution in [0.2, 0.25) is 0 Å². The van der Waals surface area contributed by atoms with Crippen LogP contribution < -0.4 is 5.32 Å². The highest BCUT2D eigenvalue weighted by molar-refractivity contribution is 8.00. The van der Waals surface area contributed by atoms with Crippen LogP contribution in [-0.2, 0) is 4.79 Å². The number of thioether (sulfide) groups is 1. The van der Waals surface area contributed by atoms with E-state index in [1.807, 2.05) is 99.6 Å². The van der Waals surface area contributed by atoms with E-state index in [-0.39, 0.29) is 11.7 Å². The number of anilines is 1. The van der Waals surface area contributed by atoms with Gasteiger partial charge in [-0.1, -0.05) is 78.0 Å². The molecule has 0 saturated carbocycles. The summed E-state index contributed by atoms with van der Waals surface area (Å²) < 4.78 is 0. The van der Waals surface area contributed by atoms with Crippen LogP contribution in [0.3, 0.4) is 0 Å². The van der Waals surface area contributed by atoms with Crippen LogP contribution in [-0.4, -0.2) is 16.6 Å². The zero-order chi connectivity index (χ0) is 24.1. The van der Waals surface area contributed by atoms with Crippen molar-refractivity contribution in [1.82, 2.24) is 4.98 Å². The molecule has 0 aliphatic rings. The van der Waals surface area contributed by atoms with Gasteiger partial charge in [0.05, 0.1) is 17.0 Å². The van der Waals surface area contributed by atoms with E-state index in [0.29, 0.717) is 10.6 Å². The van der Waals surface area contributed by atoms with E-state index in [4.69, 9.17) is 4.98 Å². The van der Waals surface area contributed by atoms with Crippen LogP contribution in [0.5, 0.6) is 0 Å². The quantitative estimate of drug-likeness (QED) is 0.314. The number of benzene rings is 3. The summed E-state index contributed by atoms with van der Waals surface area (Å²) in [6.45, 7) is 6.09. The van der Waals surface area contributed by atoms with Gasteiger partial charge in [-0.05, 0) is 55.7 Å². The second kappa shape index (κ2) is 10.4. The van der Waals surface area contributed by atoms with Crippen LogP contribution >= 0.6 is 11.8 Å². The van der Waals surface area contributed by atoms with Gasteiger partial charge in [0.25, 0.3) is 0 Å². The molecule has 0 atom stereocenters. The lowest BCUT2D eigenvalue weighted by Gasteiger charge is -2.13. The van der Waals surface area contributed by atoms with Crippen molar-refractivity contribution in [1.29, 1.82) is 5.26 Å². The van der Waals surface area contributed by atoms with E-state index in [1.165, 1.54) is 17.3 Å². The number of aromatic nitrogens is 1. The van der Waals surface area contributed by atoms with Gasteiger partial charge >= 0.3 is 0 Å². The molecular weight excluding hydrogens is 438 g/mol. The molecule has 5 heteroatoms. The fourth-order valence-corrected chi connectivity index (χ4v) is 4.40. The molecule has 0 spiro atoms. The Morgan fingerprint density at radius 1 is 0.912 bits per heavy atom. The molecule has 4 aromatic rings. The van der Waals surface area contributed by atoms with Gasteiger partial charge < -0.3 is 5.32 Å². The van der Waals surface area contributed by atoms with Gasteiger partial charge in [0.2, 0.25) is 5.91 Å². The van der Waals surface area contributed by atoms with Crippen molar-refractivity contribution >= 4 is 23.4 Å². The van der Waals surface area contributed by atoms with Crippen LogP contribution in [0.25, 0.3) is 22.4 Å². The molecule has 1 aromatic heterocycles. The van der Waals surface area contributed by atoms with Crippen molar-refractivity contribution in [3.8, 4) is 28.5 Å². The number of carbonyl (C=O) groups excluding carboxylic acids is 1. The molecule has 0 aliphatic carbocycles. The molecule has 0 unspecified atom stereocenters. The molecule has 168 valence electrons. The number of carbonyl (C=O) groups is 1. The van der Waals surface area contributed by atoms with Crippen molar-refractivity contribution in [2.75, 3.05) is 11.1 Å². The minimum Gasteiger partial charge on any atom is -0.325 e. The molecule has 4 rings (SSSR count). The number of nitrogens with one attached hydrogen (secondary N) is 1. The van der Waals surface area contributed by atoms with Crippen LogP contribution in [0, 0.1) is 32.1 Å². The van der Waals surface area contributed by atoms with Crippen molar-refractivity contribution in [3.05, 3.63) is 101 Å². The van der Waals surface area contributed by atoms with Gasteiger partial charge in [0, 0.05) is 16.8 Å². The van der Waals surface area contributed by atoms with Gasteiger partial charge in [-0.15, -0.1) is 0 Å². The maximum Gasteiger partial charge on any atom is 0.234 e. The van der Waals surface area contributed by atoms with Crippen molar-refractivity contribution in [2.45, 2.75) is 25.8 Å². The number of rotatable bonds is 6. The molecule has 0 aliphatic heterocycles. The molecule has 0 radical (unpaired) electrons. The molecule has 0 bridgehead atoms. The largest absolute Gasteiger partial charge is 0.325 e. The number of hydrogen-bond donors (Lipinski definition) is 1. The predicted octanol–water partition coefficient (Wildman–Crippen LogP) is 6.94. The number of pyridine rings is 1. The van der Waals surface area contributed by atoms with E-state index in [2.05, 4.69) is 11.4 Å². The number of aryl methyl sites for hydroxylation is 3. The smallest absolute Gasteiger partial charge is 0.234 e. The van der Waals surface area contributed by atoms with E-state index in [1.54, 1.807) is 0 Å². The molecule has 3 aromatic carbocycles. The third-order valence-electron chi connectivity index (χ3n) is 5.66. The Bertz CT molecular complexity index is 1370. The normalized spacial score (nSPS) is 10.5. The Morgan fingerprint density at radius 2 is 1.65 bits per heavy atom. The van der Waals surface area contributed by atoms with E-state index < -0.39 is 0 Å². The Labute approximate surface area is 204 Å². The number of hydrogen-bond acceptors (Lipinski definition) is 4. The summed E-state index contributed by atoms with van der Waals surface area (Å²) in [6.07, 6.45) is 0. The molecule has 34 heavy (non-hydrogen) atoms. The van der Waals surface area contributed by atoms with Gasteiger partial charge in [0.1, 0.15) is 11.1 Å². The second-order valence-electron chi connectivity index (χ2n) is 8.21. The lowest BCUT2D eigenvalue weighted by molar-refractivity contribution is -0.113. The van der Waals surface area contributed by atoms with E-state index in [0.717, 1.165) is 39.2 Å². The van der Waals surface area contributed by atoms with Crippen LogP contribution in [0.4, 0.5) is 5.69 Å². The maximum absolute atomic E-state index is 12.7. The summed E-state index contributed by atoms with van der Waals surface area (Å²) in [5.41, 5.74) is 8.18. The first-order valence-corrected chi connectivity index (χ1v) is 12.0. The summed E-state index contributed by atoms with van der Waals surface area (Å²) >= 11 is 1.28. The van der Waals surface area contributed by atoms with Crippen molar-refractivity contribution < 1.29 is 4.79 Å². The van der Waals surface area contributed by atoms with Crippen LogP contribution in [0.15, 0.2) is 83.9 Å². The minimum atomic E-state index is -0.138. The summed E-state index contributed by atoms with van der Waals surface area (Å²) in [6, 6.07) is 28.1. The molecule has 0 fully saturated rings. The third-order valence-corrected chi connectivity index (χ3v) is 6.64. The summed E-state index contributed by atoms with van der Waals surface area (Å²) in [4.78, 5) is 17.5. The number of nitrogens with zero attached hydrogens (tertiary/aromatic N) is 2.